The predicted molar refractivity (Wildman–Crippen MR) is 123 cm³/mol. The average molecular weight is 475 g/mol. The fourth-order valence-corrected chi connectivity index (χ4v) is 5.92. The molecule has 3 heterocycles. The van der Waals surface area contributed by atoms with Gasteiger partial charge < -0.3 is 19.0 Å². The standard InChI is InChI=1S/C22H26N4O4S2/c1-4-29-21(28)18-16-8-7-13(2)10-17(16)32-20(18)24-19(27)14(3)31-22-25-23-12-26(22)11-15-6-5-9-30-15/h5-6,9,12-14H,4,7-8,10-11H2,1-3H3,(H,24,27). The lowest BCUT2D eigenvalue weighted by Crippen LogP contribution is -2.24. The highest BCUT2D eigenvalue weighted by Crippen LogP contribution is 2.40. The van der Waals surface area contributed by atoms with Crippen molar-refractivity contribution in [3.8, 4) is 0 Å². The maximum absolute atomic E-state index is 13.0. The molecular weight excluding hydrogens is 448 g/mol. The number of furan rings is 1. The Morgan fingerprint density at radius 1 is 1.47 bits per heavy atom. The summed E-state index contributed by atoms with van der Waals surface area (Å²) >= 11 is 2.80. The maximum Gasteiger partial charge on any atom is 0.341 e. The van der Waals surface area contributed by atoms with E-state index in [2.05, 4.69) is 22.4 Å². The van der Waals surface area contributed by atoms with E-state index in [1.165, 1.54) is 28.0 Å². The molecule has 8 nitrogen and oxygen atoms in total. The zero-order valence-corrected chi connectivity index (χ0v) is 19.9. The first-order valence-corrected chi connectivity index (χ1v) is 12.3. The number of ether oxygens (including phenoxy) is 1. The number of rotatable bonds is 8. The fourth-order valence-electron chi connectivity index (χ4n) is 3.70. The van der Waals surface area contributed by atoms with Gasteiger partial charge in [0.25, 0.3) is 0 Å². The van der Waals surface area contributed by atoms with Gasteiger partial charge in [0.05, 0.1) is 30.2 Å². The smallest absolute Gasteiger partial charge is 0.341 e. The second-order valence-corrected chi connectivity index (χ2v) is 10.3. The number of carbonyl (C=O) groups is 2. The Balaban J connectivity index is 1.49. The van der Waals surface area contributed by atoms with Crippen LogP contribution >= 0.6 is 23.1 Å². The molecule has 2 atom stereocenters. The minimum Gasteiger partial charge on any atom is -0.467 e. The minimum absolute atomic E-state index is 0.195. The van der Waals surface area contributed by atoms with Gasteiger partial charge in [0.1, 0.15) is 17.1 Å². The van der Waals surface area contributed by atoms with Crippen LogP contribution in [0.2, 0.25) is 0 Å². The molecule has 1 N–H and O–H groups in total. The van der Waals surface area contributed by atoms with Gasteiger partial charge in [-0.25, -0.2) is 4.79 Å². The monoisotopic (exact) mass is 474 g/mol. The normalized spacial score (nSPS) is 16.4. The van der Waals surface area contributed by atoms with Gasteiger partial charge in [0.2, 0.25) is 5.91 Å². The third kappa shape index (κ3) is 4.91. The van der Waals surface area contributed by atoms with Crippen LogP contribution in [-0.2, 0) is 28.9 Å². The van der Waals surface area contributed by atoms with Crippen molar-refractivity contribution in [2.45, 2.75) is 57.0 Å². The van der Waals surface area contributed by atoms with Crippen molar-refractivity contribution in [2.24, 2.45) is 5.92 Å². The molecule has 32 heavy (non-hydrogen) atoms. The van der Waals surface area contributed by atoms with E-state index in [0.717, 1.165) is 30.6 Å². The number of thiophene rings is 1. The zero-order valence-electron chi connectivity index (χ0n) is 18.3. The molecule has 170 valence electrons. The van der Waals surface area contributed by atoms with Crippen LogP contribution in [0.1, 0.15) is 53.8 Å². The third-order valence-electron chi connectivity index (χ3n) is 5.37. The lowest BCUT2D eigenvalue weighted by Gasteiger charge is -2.18. The third-order valence-corrected chi connectivity index (χ3v) is 7.63. The molecule has 0 aliphatic heterocycles. The molecule has 0 aromatic carbocycles. The Bertz CT molecular complexity index is 1090. The number of amides is 1. The average Bonchev–Trinajstić information content (AvgIpc) is 3.49. The van der Waals surface area contributed by atoms with E-state index in [4.69, 9.17) is 9.15 Å². The van der Waals surface area contributed by atoms with Gasteiger partial charge in [0.15, 0.2) is 5.16 Å². The van der Waals surface area contributed by atoms with Crippen molar-refractivity contribution >= 4 is 40.0 Å². The van der Waals surface area contributed by atoms with Crippen LogP contribution in [0, 0.1) is 5.92 Å². The van der Waals surface area contributed by atoms with Crippen LogP contribution in [0.5, 0.6) is 0 Å². The molecule has 0 saturated heterocycles. The highest BCUT2D eigenvalue weighted by atomic mass is 32.2. The first-order valence-electron chi connectivity index (χ1n) is 10.7. The largest absolute Gasteiger partial charge is 0.467 e. The number of hydrogen-bond donors (Lipinski definition) is 1. The summed E-state index contributed by atoms with van der Waals surface area (Å²) in [4.78, 5) is 26.9. The molecular formula is C22H26N4O4S2. The molecule has 4 rings (SSSR count). The van der Waals surface area contributed by atoms with Crippen LogP contribution in [-0.4, -0.2) is 38.5 Å². The SMILES string of the molecule is CCOC(=O)c1c(NC(=O)C(C)Sc2nncn2Cc2ccco2)sc2c1CCC(C)C2. The predicted octanol–water partition coefficient (Wildman–Crippen LogP) is 4.40. The van der Waals surface area contributed by atoms with E-state index < -0.39 is 5.25 Å². The highest BCUT2D eigenvalue weighted by Gasteiger charge is 2.30. The van der Waals surface area contributed by atoms with Crippen molar-refractivity contribution in [1.29, 1.82) is 0 Å². The lowest BCUT2D eigenvalue weighted by atomic mass is 9.88. The Hall–Kier alpha value is -2.59. The van der Waals surface area contributed by atoms with Gasteiger partial charge in [-0.15, -0.1) is 21.5 Å². The molecule has 1 aliphatic rings. The van der Waals surface area contributed by atoms with Crippen molar-refractivity contribution in [2.75, 3.05) is 11.9 Å². The van der Waals surface area contributed by atoms with Gasteiger partial charge in [-0.1, -0.05) is 18.7 Å². The fraction of sp³-hybridized carbons (Fsp3) is 0.455. The number of carbonyl (C=O) groups excluding carboxylic acids is 2. The second-order valence-electron chi connectivity index (χ2n) is 7.85. The van der Waals surface area contributed by atoms with E-state index in [9.17, 15) is 9.59 Å². The molecule has 1 amide bonds. The van der Waals surface area contributed by atoms with Gasteiger partial charge in [0, 0.05) is 4.88 Å². The summed E-state index contributed by atoms with van der Waals surface area (Å²) in [5.74, 6) is 0.782. The van der Waals surface area contributed by atoms with Crippen molar-refractivity contribution in [3.63, 3.8) is 0 Å². The molecule has 2 unspecified atom stereocenters. The van der Waals surface area contributed by atoms with Crippen LogP contribution in [0.4, 0.5) is 5.00 Å². The summed E-state index contributed by atoms with van der Waals surface area (Å²) in [6.07, 6.45) is 6.01. The topological polar surface area (TPSA) is 99.2 Å². The van der Waals surface area contributed by atoms with E-state index in [1.807, 2.05) is 23.6 Å². The molecule has 0 spiro atoms. The minimum atomic E-state index is -0.442. The molecule has 10 heteroatoms. The molecule has 0 saturated carbocycles. The van der Waals surface area contributed by atoms with Crippen LogP contribution < -0.4 is 5.32 Å². The van der Waals surface area contributed by atoms with Gasteiger partial charge in [-0.2, -0.15) is 0 Å². The molecule has 3 aromatic heterocycles. The van der Waals surface area contributed by atoms with Crippen molar-refractivity contribution in [1.82, 2.24) is 14.8 Å². The van der Waals surface area contributed by atoms with E-state index in [0.29, 0.717) is 34.8 Å². The number of esters is 1. The summed E-state index contributed by atoms with van der Waals surface area (Å²) < 4.78 is 12.5. The van der Waals surface area contributed by atoms with Gasteiger partial charge >= 0.3 is 5.97 Å². The number of hydrogen-bond acceptors (Lipinski definition) is 8. The Morgan fingerprint density at radius 3 is 3.06 bits per heavy atom. The van der Waals surface area contributed by atoms with Crippen molar-refractivity contribution in [3.05, 3.63) is 46.5 Å². The lowest BCUT2D eigenvalue weighted by molar-refractivity contribution is -0.115. The highest BCUT2D eigenvalue weighted by molar-refractivity contribution is 8.00. The Labute approximate surface area is 194 Å². The van der Waals surface area contributed by atoms with E-state index in [1.54, 1.807) is 19.5 Å². The summed E-state index contributed by atoms with van der Waals surface area (Å²) in [7, 11) is 0. The van der Waals surface area contributed by atoms with Crippen LogP contribution in [0.25, 0.3) is 0 Å². The second kappa shape index (κ2) is 9.91. The molecule has 0 radical (unpaired) electrons. The number of anilines is 1. The summed E-state index contributed by atoms with van der Waals surface area (Å²) in [6, 6.07) is 3.70. The number of nitrogens with zero attached hydrogens (tertiary/aromatic N) is 3. The molecule has 0 fully saturated rings. The van der Waals surface area contributed by atoms with Crippen LogP contribution in [0.15, 0.2) is 34.3 Å². The summed E-state index contributed by atoms with van der Waals surface area (Å²) in [6.45, 7) is 6.59. The van der Waals surface area contributed by atoms with E-state index in [-0.39, 0.29) is 11.9 Å². The first kappa shape index (κ1) is 22.6. The zero-order chi connectivity index (χ0) is 22.7. The number of fused-ring (bicyclic) bond motifs is 1. The van der Waals surface area contributed by atoms with Crippen LogP contribution in [0.3, 0.4) is 0 Å². The van der Waals surface area contributed by atoms with E-state index >= 15 is 0 Å². The van der Waals surface area contributed by atoms with Crippen molar-refractivity contribution < 1.29 is 18.7 Å². The summed E-state index contributed by atoms with van der Waals surface area (Å²) in [5.41, 5.74) is 1.55. The van der Waals surface area contributed by atoms with Gasteiger partial charge in [-0.05, 0) is 56.7 Å². The Morgan fingerprint density at radius 2 is 2.31 bits per heavy atom. The molecule has 1 aliphatic carbocycles. The Kier molecular flexibility index (Phi) is 7.00. The quantitative estimate of drug-likeness (QED) is 0.381. The number of thioether (sulfide) groups is 1. The molecule has 3 aromatic rings. The number of aromatic nitrogens is 3. The first-order chi connectivity index (χ1) is 15.5. The van der Waals surface area contributed by atoms with Gasteiger partial charge in [-0.3, -0.25) is 4.79 Å². The molecule has 0 bridgehead atoms. The maximum atomic E-state index is 13.0. The number of nitrogens with one attached hydrogen (secondary N) is 1. The summed E-state index contributed by atoms with van der Waals surface area (Å²) in [5, 5.41) is 11.8.